The lowest BCUT2D eigenvalue weighted by atomic mass is 10.2. The van der Waals surface area contributed by atoms with Crippen molar-refractivity contribution in [1.82, 2.24) is 10.2 Å². The van der Waals surface area contributed by atoms with Gasteiger partial charge in [0, 0.05) is 5.75 Å². The van der Waals surface area contributed by atoms with Crippen LogP contribution < -0.4 is 10.1 Å². The van der Waals surface area contributed by atoms with E-state index in [1.54, 1.807) is 11.8 Å². The number of hydrogen-bond donors (Lipinski definition) is 1. The summed E-state index contributed by atoms with van der Waals surface area (Å²) in [5.74, 6) is 2.05. The number of nitrogens with one attached hydrogen (secondary N) is 1. The van der Waals surface area contributed by atoms with Gasteiger partial charge in [-0.1, -0.05) is 55.1 Å². The van der Waals surface area contributed by atoms with E-state index in [0.717, 1.165) is 15.7 Å². The Morgan fingerprint density at radius 3 is 2.86 bits per heavy atom. The number of nitrogens with zero attached hydrogens (tertiary/aromatic N) is 2. The standard InChI is InChI=1S/C15H19N3O2S2/c1-10(2)9-21-15-18-17-14(22-15)16-13(19)8-20-12-7-5-4-6-11(12)3/h4-7,10H,8-9H2,1-3H3,(H,16,17,19). The van der Waals surface area contributed by atoms with E-state index in [2.05, 4.69) is 29.4 Å². The number of aryl methyl sites for hydroxylation is 1. The van der Waals surface area contributed by atoms with Crippen molar-refractivity contribution >= 4 is 34.1 Å². The fourth-order valence-electron chi connectivity index (χ4n) is 1.57. The molecule has 0 saturated heterocycles. The molecule has 0 fully saturated rings. The zero-order valence-electron chi connectivity index (χ0n) is 12.8. The molecule has 0 bridgehead atoms. The van der Waals surface area contributed by atoms with E-state index in [1.165, 1.54) is 11.3 Å². The van der Waals surface area contributed by atoms with Crippen LogP contribution in [0.2, 0.25) is 0 Å². The highest BCUT2D eigenvalue weighted by molar-refractivity contribution is 8.01. The summed E-state index contributed by atoms with van der Waals surface area (Å²) in [4.78, 5) is 11.9. The minimum Gasteiger partial charge on any atom is -0.483 e. The highest BCUT2D eigenvalue weighted by Crippen LogP contribution is 2.26. The molecule has 7 heteroatoms. The first kappa shape index (κ1) is 16.8. The summed E-state index contributed by atoms with van der Waals surface area (Å²) in [5.41, 5.74) is 0.999. The van der Waals surface area contributed by atoms with Crippen LogP contribution in [0.4, 0.5) is 5.13 Å². The molecule has 118 valence electrons. The van der Waals surface area contributed by atoms with E-state index in [-0.39, 0.29) is 12.5 Å². The van der Waals surface area contributed by atoms with Crippen molar-refractivity contribution in [2.45, 2.75) is 25.1 Å². The molecule has 2 aromatic rings. The molecule has 0 aliphatic heterocycles. The molecule has 1 N–H and O–H groups in total. The molecule has 22 heavy (non-hydrogen) atoms. The summed E-state index contributed by atoms with van der Waals surface area (Å²) in [6.07, 6.45) is 0. The number of carbonyl (C=O) groups is 1. The van der Waals surface area contributed by atoms with Crippen molar-refractivity contribution in [3.63, 3.8) is 0 Å². The molecule has 2 rings (SSSR count). The van der Waals surface area contributed by atoms with E-state index in [9.17, 15) is 4.79 Å². The number of benzene rings is 1. The van der Waals surface area contributed by atoms with Crippen LogP contribution in [0.1, 0.15) is 19.4 Å². The van der Waals surface area contributed by atoms with Crippen LogP contribution in [-0.2, 0) is 4.79 Å². The van der Waals surface area contributed by atoms with E-state index in [1.807, 2.05) is 31.2 Å². The first-order valence-corrected chi connectivity index (χ1v) is 8.79. The van der Waals surface area contributed by atoms with Crippen molar-refractivity contribution in [1.29, 1.82) is 0 Å². The molecular formula is C15H19N3O2S2. The number of hydrogen-bond acceptors (Lipinski definition) is 6. The summed E-state index contributed by atoms with van der Waals surface area (Å²) in [5, 5.41) is 11.2. The Balaban J connectivity index is 1.81. The molecule has 1 amide bonds. The Labute approximate surface area is 138 Å². The van der Waals surface area contributed by atoms with E-state index < -0.39 is 0 Å². The third kappa shape index (κ3) is 5.31. The predicted octanol–water partition coefficient (Wildman–Crippen LogP) is 3.61. The minimum atomic E-state index is -0.236. The average Bonchev–Trinajstić information content (AvgIpc) is 2.92. The quantitative estimate of drug-likeness (QED) is 0.617. The molecule has 0 radical (unpaired) electrons. The highest BCUT2D eigenvalue weighted by Gasteiger charge is 2.10. The number of aromatic nitrogens is 2. The zero-order valence-corrected chi connectivity index (χ0v) is 14.5. The lowest BCUT2D eigenvalue weighted by molar-refractivity contribution is -0.118. The van der Waals surface area contributed by atoms with Crippen LogP contribution in [0.3, 0.4) is 0 Å². The fourth-order valence-corrected chi connectivity index (χ4v) is 3.32. The van der Waals surface area contributed by atoms with Crippen molar-refractivity contribution in [3.8, 4) is 5.75 Å². The molecule has 0 aliphatic carbocycles. The lowest BCUT2D eigenvalue weighted by Gasteiger charge is -2.07. The molecule has 5 nitrogen and oxygen atoms in total. The molecule has 0 spiro atoms. The highest BCUT2D eigenvalue weighted by atomic mass is 32.2. The molecule has 1 aromatic carbocycles. The molecule has 1 aromatic heterocycles. The summed E-state index contributed by atoms with van der Waals surface area (Å²) in [6, 6.07) is 7.59. The van der Waals surface area contributed by atoms with Crippen molar-refractivity contribution in [3.05, 3.63) is 29.8 Å². The second-order valence-corrected chi connectivity index (χ2v) is 7.42. The van der Waals surface area contributed by atoms with Gasteiger partial charge in [0.25, 0.3) is 5.91 Å². The third-order valence-electron chi connectivity index (χ3n) is 2.65. The van der Waals surface area contributed by atoms with Gasteiger partial charge in [-0.15, -0.1) is 10.2 Å². The van der Waals surface area contributed by atoms with Gasteiger partial charge in [0.05, 0.1) is 0 Å². The minimum absolute atomic E-state index is 0.0428. The third-order valence-corrected chi connectivity index (χ3v) is 5.04. The van der Waals surface area contributed by atoms with Crippen LogP contribution in [-0.4, -0.2) is 28.5 Å². The Morgan fingerprint density at radius 2 is 2.14 bits per heavy atom. The van der Waals surface area contributed by atoms with E-state index in [0.29, 0.717) is 16.8 Å². The Hall–Kier alpha value is -1.60. The largest absolute Gasteiger partial charge is 0.483 e. The van der Waals surface area contributed by atoms with Crippen LogP contribution in [0.5, 0.6) is 5.75 Å². The van der Waals surface area contributed by atoms with Crippen LogP contribution in [0.25, 0.3) is 0 Å². The number of thioether (sulfide) groups is 1. The molecule has 0 unspecified atom stereocenters. The summed E-state index contributed by atoms with van der Waals surface area (Å²) in [7, 11) is 0. The molecular weight excluding hydrogens is 318 g/mol. The maximum Gasteiger partial charge on any atom is 0.264 e. The van der Waals surface area contributed by atoms with Crippen LogP contribution in [0, 0.1) is 12.8 Å². The van der Waals surface area contributed by atoms with Gasteiger partial charge in [-0.05, 0) is 24.5 Å². The molecule has 0 saturated carbocycles. The number of rotatable bonds is 7. The SMILES string of the molecule is Cc1ccccc1OCC(=O)Nc1nnc(SCC(C)C)s1. The van der Waals surface area contributed by atoms with Gasteiger partial charge in [-0.25, -0.2) is 0 Å². The summed E-state index contributed by atoms with van der Waals surface area (Å²) < 4.78 is 6.36. The predicted molar refractivity (Wildman–Crippen MR) is 90.8 cm³/mol. The van der Waals surface area contributed by atoms with Gasteiger partial charge in [-0.3, -0.25) is 10.1 Å². The summed E-state index contributed by atoms with van der Waals surface area (Å²) in [6.45, 7) is 6.20. The second kappa shape index (κ2) is 8.14. The van der Waals surface area contributed by atoms with E-state index in [4.69, 9.17) is 4.74 Å². The van der Waals surface area contributed by atoms with Gasteiger partial charge in [0.2, 0.25) is 5.13 Å². The Bertz CT molecular complexity index is 629. The van der Waals surface area contributed by atoms with Crippen LogP contribution >= 0.6 is 23.1 Å². The van der Waals surface area contributed by atoms with Crippen molar-refractivity contribution in [2.24, 2.45) is 5.92 Å². The van der Waals surface area contributed by atoms with Gasteiger partial charge in [-0.2, -0.15) is 0 Å². The smallest absolute Gasteiger partial charge is 0.264 e. The second-order valence-electron chi connectivity index (χ2n) is 5.18. The monoisotopic (exact) mass is 337 g/mol. The Morgan fingerprint density at radius 1 is 1.36 bits per heavy atom. The Kier molecular flexibility index (Phi) is 6.21. The average molecular weight is 337 g/mol. The van der Waals surface area contributed by atoms with Crippen molar-refractivity contribution < 1.29 is 9.53 Å². The van der Waals surface area contributed by atoms with Gasteiger partial charge in [0.1, 0.15) is 5.75 Å². The first-order chi connectivity index (χ1) is 10.5. The number of amides is 1. The lowest BCUT2D eigenvalue weighted by Crippen LogP contribution is -2.20. The van der Waals surface area contributed by atoms with Gasteiger partial charge < -0.3 is 4.74 Å². The number of carbonyl (C=O) groups excluding carboxylic acids is 1. The number of para-hydroxylation sites is 1. The number of ether oxygens (including phenoxy) is 1. The van der Waals surface area contributed by atoms with Gasteiger partial charge in [0.15, 0.2) is 10.9 Å². The van der Waals surface area contributed by atoms with E-state index >= 15 is 0 Å². The molecule has 1 heterocycles. The van der Waals surface area contributed by atoms with Crippen LogP contribution in [0.15, 0.2) is 28.6 Å². The van der Waals surface area contributed by atoms with Gasteiger partial charge >= 0.3 is 0 Å². The normalized spacial score (nSPS) is 10.7. The topological polar surface area (TPSA) is 64.1 Å². The van der Waals surface area contributed by atoms with Crippen molar-refractivity contribution in [2.75, 3.05) is 17.7 Å². The zero-order chi connectivity index (χ0) is 15.9. The first-order valence-electron chi connectivity index (χ1n) is 6.99. The summed E-state index contributed by atoms with van der Waals surface area (Å²) >= 11 is 3.03. The maximum atomic E-state index is 11.9. The fraction of sp³-hybridized carbons (Fsp3) is 0.400. The molecule has 0 aliphatic rings. The molecule has 0 atom stereocenters. The maximum absolute atomic E-state index is 11.9. The number of anilines is 1.